The lowest BCUT2D eigenvalue weighted by molar-refractivity contribution is -0.870. The minimum atomic E-state index is -4.41. The molecule has 0 aromatic rings. The fourth-order valence-electron chi connectivity index (χ4n) is 0.410. The predicted molar refractivity (Wildman–Crippen MR) is 55.8 cm³/mol. The minimum Gasteiger partial charge on any atom is -0.726 e. The van der Waals surface area contributed by atoms with Crippen molar-refractivity contribution in [3.8, 4) is 0 Å². The third-order valence-corrected chi connectivity index (χ3v) is 1.61. The Kier molecular flexibility index (Phi) is 8.54. The molecule has 0 aromatic carbocycles. The highest BCUT2D eigenvalue weighted by Gasteiger charge is 2.04. The summed E-state index contributed by atoms with van der Waals surface area (Å²) < 4.78 is 36.9. The predicted octanol–water partition coefficient (Wildman–Crippen LogP) is -0.0543. The van der Waals surface area contributed by atoms with Gasteiger partial charge in [-0.05, 0) is 0 Å². The molecule has 0 spiro atoms. The van der Waals surface area contributed by atoms with E-state index in [1.165, 1.54) is 6.26 Å². The third kappa shape index (κ3) is 24.7. The number of nitrogens with zero attached hydrogens (tertiary/aromatic N) is 1. The number of hydrogen-bond donors (Lipinski definition) is 0. The molecule has 0 heterocycles. The lowest BCUT2D eigenvalue weighted by Crippen LogP contribution is -2.37. The summed E-state index contributed by atoms with van der Waals surface area (Å²) in [5.74, 6) is 0. The van der Waals surface area contributed by atoms with E-state index in [2.05, 4.69) is 31.9 Å². The van der Waals surface area contributed by atoms with Crippen LogP contribution in [0.3, 0.4) is 0 Å². The average molecular weight is 241 g/mol. The lowest BCUT2D eigenvalue weighted by Gasteiger charge is -2.22. The molecule has 0 saturated heterocycles. The molecule has 0 aliphatic heterocycles. The summed E-state index contributed by atoms with van der Waals surface area (Å²) in [5.41, 5.74) is 0. The molecule has 0 saturated carbocycles. The van der Waals surface area contributed by atoms with E-state index < -0.39 is 10.4 Å². The second-order valence-electron chi connectivity index (χ2n) is 3.63. The first-order valence-corrected chi connectivity index (χ1v) is 5.50. The van der Waals surface area contributed by atoms with Gasteiger partial charge in [0.05, 0.1) is 34.5 Å². The Hall–Kier alpha value is -0.630. The molecule has 0 amide bonds. The van der Waals surface area contributed by atoms with Crippen LogP contribution < -0.4 is 0 Å². The van der Waals surface area contributed by atoms with Crippen LogP contribution >= 0.6 is 0 Å². The van der Waals surface area contributed by atoms with E-state index in [-0.39, 0.29) is 0 Å². The van der Waals surface area contributed by atoms with Crippen LogP contribution in [0.1, 0.15) is 0 Å². The molecule has 0 fully saturated rings. The Labute approximate surface area is 91.6 Å². The zero-order chi connectivity index (χ0) is 12.5. The molecule has 6 nitrogen and oxygen atoms in total. The summed E-state index contributed by atoms with van der Waals surface area (Å²) in [5, 5.41) is 0. The molecule has 0 unspecified atom stereocenters. The van der Waals surface area contributed by atoms with E-state index in [1.807, 2.05) is 0 Å². The van der Waals surface area contributed by atoms with E-state index in [0.717, 1.165) is 24.7 Å². The topological polar surface area (TPSA) is 75.7 Å². The van der Waals surface area contributed by atoms with Gasteiger partial charge in [-0.2, -0.15) is 0 Å². The monoisotopic (exact) mass is 241 g/mol. The third-order valence-electron chi connectivity index (χ3n) is 1.20. The van der Waals surface area contributed by atoms with Crippen molar-refractivity contribution in [3.63, 3.8) is 0 Å². The quantitative estimate of drug-likeness (QED) is 0.222. The summed E-state index contributed by atoms with van der Waals surface area (Å²) in [7, 11) is 2.79. The van der Waals surface area contributed by atoms with Crippen molar-refractivity contribution in [1.29, 1.82) is 0 Å². The van der Waals surface area contributed by atoms with Gasteiger partial charge in [0.2, 0.25) is 10.4 Å². The first kappa shape index (κ1) is 16.8. The molecular formula is C8H19NO5S. The second-order valence-corrected chi connectivity index (χ2v) is 4.78. The van der Waals surface area contributed by atoms with Gasteiger partial charge in [-0.25, -0.2) is 8.42 Å². The highest BCUT2D eigenvalue weighted by atomic mass is 32.3. The molecule has 0 rings (SSSR count). The Morgan fingerprint density at radius 2 is 1.80 bits per heavy atom. The Bertz CT molecular complexity index is 255. The van der Waals surface area contributed by atoms with E-state index in [1.54, 1.807) is 0 Å². The molecule has 0 atom stereocenters. The van der Waals surface area contributed by atoms with Gasteiger partial charge in [-0.3, -0.25) is 4.18 Å². The van der Waals surface area contributed by atoms with Crippen LogP contribution in [-0.2, 0) is 19.3 Å². The van der Waals surface area contributed by atoms with Crippen LogP contribution in [0.5, 0.6) is 0 Å². The van der Waals surface area contributed by atoms with Crippen molar-refractivity contribution in [2.75, 3.05) is 41.4 Å². The van der Waals surface area contributed by atoms with Crippen molar-refractivity contribution in [1.82, 2.24) is 0 Å². The van der Waals surface area contributed by atoms with E-state index in [9.17, 15) is 13.0 Å². The summed E-state index contributed by atoms with van der Waals surface area (Å²) in [6.07, 6.45) is 1.48. The van der Waals surface area contributed by atoms with E-state index in [0.29, 0.717) is 0 Å². The summed E-state index contributed by atoms with van der Waals surface area (Å²) in [6.45, 7) is 5.23. The van der Waals surface area contributed by atoms with Crippen LogP contribution in [0.15, 0.2) is 12.8 Å². The molecule has 0 aliphatic rings. The normalized spacial score (nSPS) is 11.3. The van der Waals surface area contributed by atoms with Gasteiger partial charge in [0.1, 0.15) is 13.2 Å². The largest absolute Gasteiger partial charge is 0.726 e. The van der Waals surface area contributed by atoms with Crippen molar-refractivity contribution in [2.45, 2.75) is 0 Å². The van der Waals surface area contributed by atoms with Crippen molar-refractivity contribution in [3.05, 3.63) is 12.8 Å². The van der Waals surface area contributed by atoms with Gasteiger partial charge in [-0.15, -0.1) is 0 Å². The second kappa shape index (κ2) is 7.63. The highest BCUT2D eigenvalue weighted by molar-refractivity contribution is 7.80. The molecule has 0 N–H and O–H groups in total. The standard InChI is InChI=1S/C7H16NO.CH4O4S/c1-5-9-7-6-8(2,3)4;1-5-6(2,3)4/h5H,1,6-7H2,2-4H3;1H3,(H,2,3,4)/q+1;/p-1. The molecule has 0 radical (unpaired) electrons. The Morgan fingerprint density at radius 3 is 2.00 bits per heavy atom. The summed E-state index contributed by atoms with van der Waals surface area (Å²) >= 11 is 0. The molecule has 92 valence electrons. The minimum absolute atomic E-state index is 0.757. The number of rotatable bonds is 5. The average Bonchev–Trinajstić information content (AvgIpc) is 2.02. The zero-order valence-electron chi connectivity index (χ0n) is 9.60. The molecule has 7 heteroatoms. The fourth-order valence-corrected chi connectivity index (χ4v) is 0.410. The Balaban J connectivity index is 0. The van der Waals surface area contributed by atoms with E-state index in [4.69, 9.17) is 4.74 Å². The van der Waals surface area contributed by atoms with Crippen LogP contribution in [0.25, 0.3) is 0 Å². The van der Waals surface area contributed by atoms with Gasteiger partial charge in [-0.1, -0.05) is 6.58 Å². The fraction of sp³-hybridized carbons (Fsp3) is 0.750. The molecule has 0 bridgehead atoms. The van der Waals surface area contributed by atoms with Crippen molar-refractivity contribution in [2.24, 2.45) is 0 Å². The van der Waals surface area contributed by atoms with Crippen LogP contribution in [0.2, 0.25) is 0 Å². The first-order valence-electron chi connectivity index (χ1n) is 4.17. The van der Waals surface area contributed by atoms with Gasteiger partial charge >= 0.3 is 0 Å². The first-order chi connectivity index (χ1) is 6.62. The van der Waals surface area contributed by atoms with Crippen LogP contribution in [0.4, 0.5) is 0 Å². The maximum atomic E-state index is 9.22. The summed E-state index contributed by atoms with van der Waals surface area (Å²) in [4.78, 5) is 0. The van der Waals surface area contributed by atoms with Gasteiger partial charge in [0.25, 0.3) is 0 Å². The SMILES string of the molecule is C=COCC[N+](C)(C)C.COS(=O)(=O)[O-]. The molecule has 0 aromatic heterocycles. The summed E-state index contributed by atoms with van der Waals surface area (Å²) in [6, 6.07) is 0. The van der Waals surface area contributed by atoms with Gasteiger partial charge in [0, 0.05) is 0 Å². The van der Waals surface area contributed by atoms with Gasteiger partial charge in [0.15, 0.2) is 0 Å². The van der Waals surface area contributed by atoms with Gasteiger partial charge < -0.3 is 13.8 Å². The van der Waals surface area contributed by atoms with E-state index >= 15 is 0 Å². The number of likely N-dealkylation sites (N-methyl/N-ethyl adjacent to an activating group) is 1. The van der Waals surface area contributed by atoms with Crippen molar-refractivity contribution < 1.29 is 26.4 Å². The number of hydrogen-bond acceptors (Lipinski definition) is 5. The number of quaternary nitrogens is 1. The van der Waals surface area contributed by atoms with Crippen molar-refractivity contribution >= 4 is 10.4 Å². The number of ether oxygens (including phenoxy) is 1. The molecule has 0 aliphatic carbocycles. The maximum absolute atomic E-state index is 9.22. The van der Waals surface area contributed by atoms with Crippen LogP contribution in [0, 0.1) is 0 Å². The highest BCUT2D eigenvalue weighted by Crippen LogP contribution is 1.88. The smallest absolute Gasteiger partial charge is 0.217 e. The van der Waals surface area contributed by atoms with Crippen LogP contribution in [-0.4, -0.2) is 58.9 Å². The zero-order valence-corrected chi connectivity index (χ0v) is 10.4. The molecular weight excluding hydrogens is 222 g/mol. The Morgan fingerprint density at radius 1 is 1.40 bits per heavy atom. The molecule has 15 heavy (non-hydrogen) atoms. The lowest BCUT2D eigenvalue weighted by atomic mass is 10.5. The maximum Gasteiger partial charge on any atom is 0.217 e.